The zero-order valence-electron chi connectivity index (χ0n) is 13.7. The van der Waals surface area contributed by atoms with Gasteiger partial charge in [-0.1, -0.05) is 53.7 Å². The highest BCUT2D eigenvalue weighted by Crippen LogP contribution is 2.26. The minimum atomic E-state index is -0.357. The summed E-state index contributed by atoms with van der Waals surface area (Å²) in [6.07, 6.45) is 1.49. The number of benzene rings is 1. The molecule has 0 saturated heterocycles. The van der Waals surface area contributed by atoms with Crippen LogP contribution >= 0.6 is 23.4 Å². The number of amides is 1. The van der Waals surface area contributed by atoms with E-state index >= 15 is 0 Å². The van der Waals surface area contributed by atoms with E-state index in [1.807, 2.05) is 48.9 Å². The fraction of sp³-hybridized carbons (Fsp3) is 0.176. The van der Waals surface area contributed by atoms with Gasteiger partial charge in [0.2, 0.25) is 5.91 Å². The van der Waals surface area contributed by atoms with E-state index in [2.05, 4.69) is 20.5 Å². The Balaban J connectivity index is 1.68. The summed E-state index contributed by atoms with van der Waals surface area (Å²) in [5, 5.41) is 12.0. The molecule has 1 N–H and O–H groups in total. The molecular weight excluding hydrogens is 358 g/mol. The second-order valence-electron chi connectivity index (χ2n) is 5.34. The van der Waals surface area contributed by atoms with Gasteiger partial charge in [0.15, 0.2) is 11.0 Å². The summed E-state index contributed by atoms with van der Waals surface area (Å²) in [6.45, 7) is 1.81. The zero-order chi connectivity index (χ0) is 17.8. The molecule has 0 aliphatic carbocycles. The smallest absolute Gasteiger partial charge is 0.238 e. The second kappa shape index (κ2) is 7.67. The number of pyridine rings is 1. The Morgan fingerprint density at radius 1 is 1.20 bits per heavy atom. The molecule has 0 saturated carbocycles. The largest absolute Gasteiger partial charge is 0.310 e. The number of hydrogen-bond acceptors (Lipinski definition) is 5. The van der Waals surface area contributed by atoms with Crippen molar-refractivity contribution in [2.24, 2.45) is 7.05 Å². The highest BCUT2D eigenvalue weighted by Gasteiger charge is 2.19. The molecule has 0 aliphatic rings. The van der Waals surface area contributed by atoms with Crippen LogP contribution in [0.25, 0.3) is 11.4 Å². The molecule has 2 heterocycles. The number of nitrogens with zero attached hydrogens (tertiary/aromatic N) is 4. The molecular formula is C17H16ClN5OS. The van der Waals surface area contributed by atoms with Crippen molar-refractivity contribution in [3.8, 4) is 11.4 Å². The van der Waals surface area contributed by atoms with Crippen molar-refractivity contribution >= 4 is 35.1 Å². The first-order chi connectivity index (χ1) is 12.0. The molecule has 1 atom stereocenters. The van der Waals surface area contributed by atoms with Crippen molar-refractivity contribution in [1.82, 2.24) is 19.7 Å². The van der Waals surface area contributed by atoms with Gasteiger partial charge >= 0.3 is 0 Å². The van der Waals surface area contributed by atoms with Gasteiger partial charge in [0, 0.05) is 18.8 Å². The lowest BCUT2D eigenvalue weighted by Crippen LogP contribution is -2.23. The van der Waals surface area contributed by atoms with E-state index in [0.717, 1.165) is 11.4 Å². The van der Waals surface area contributed by atoms with Gasteiger partial charge in [-0.2, -0.15) is 0 Å². The number of thioether (sulfide) groups is 1. The van der Waals surface area contributed by atoms with Crippen LogP contribution in [0.4, 0.5) is 5.82 Å². The molecule has 0 spiro atoms. The number of nitrogens with one attached hydrogen (secondary N) is 1. The summed E-state index contributed by atoms with van der Waals surface area (Å²) in [4.78, 5) is 16.4. The lowest BCUT2D eigenvalue weighted by molar-refractivity contribution is -0.115. The predicted molar refractivity (Wildman–Crippen MR) is 99.6 cm³/mol. The van der Waals surface area contributed by atoms with Gasteiger partial charge in [0.05, 0.1) is 10.3 Å². The number of halogens is 1. The molecule has 6 nitrogen and oxygen atoms in total. The average Bonchev–Trinajstić information content (AvgIpc) is 2.98. The molecule has 1 aromatic carbocycles. The minimum absolute atomic E-state index is 0.163. The van der Waals surface area contributed by atoms with Gasteiger partial charge in [-0.25, -0.2) is 4.98 Å². The second-order valence-corrected chi connectivity index (χ2v) is 7.09. The van der Waals surface area contributed by atoms with Crippen LogP contribution in [0, 0.1) is 0 Å². The summed E-state index contributed by atoms with van der Waals surface area (Å²) in [5.41, 5.74) is 0.979. The summed E-state index contributed by atoms with van der Waals surface area (Å²) >= 11 is 7.13. The Kier molecular flexibility index (Phi) is 5.35. The third-order valence-electron chi connectivity index (χ3n) is 3.50. The standard InChI is InChI=1S/C17H16ClN5OS/c1-11(16(24)20-14-9-8-13(18)10-19-14)25-17-22-21-15(23(17)2)12-6-4-3-5-7-12/h3-11H,1-2H3,(H,19,20,24)/t11-/m0/s1. The quantitative estimate of drug-likeness (QED) is 0.691. The number of carbonyl (C=O) groups excluding carboxylic acids is 1. The SMILES string of the molecule is C[C@H](Sc1nnc(-c2ccccc2)n1C)C(=O)Nc1ccc(Cl)cn1. The molecule has 0 aliphatic heterocycles. The van der Waals surface area contributed by atoms with Crippen molar-refractivity contribution in [1.29, 1.82) is 0 Å². The third kappa shape index (κ3) is 4.18. The van der Waals surface area contributed by atoms with Crippen LogP contribution in [0.2, 0.25) is 5.02 Å². The van der Waals surface area contributed by atoms with Gasteiger partial charge in [-0.3, -0.25) is 4.79 Å². The van der Waals surface area contributed by atoms with Crippen LogP contribution in [0.1, 0.15) is 6.92 Å². The molecule has 2 aromatic heterocycles. The predicted octanol–water partition coefficient (Wildman–Crippen LogP) is 3.65. The van der Waals surface area contributed by atoms with E-state index in [4.69, 9.17) is 11.6 Å². The highest BCUT2D eigenvalue weighted by atomic mass is 35.5. The fourth-order valence-corrected chi connectivity index (χ4v) is 3.07. The Bertz CT molecular complexity index is 867. The lowest BCUT2D eigenvalue weighted by atomic mass is 10.2. The van der Waals surface area contributed by atoms with Gasteiger partial charge < -0.3 is 9.88 Å². The van der Waals surface area contributed by atoms with Gasteiger partial charge in [0.25, 0.3) is 0 Å². The molecule has 0 fully saturated rings. The summed E-state index contributed by atoms with van der Waals surface area (Å²) < 4.78 is 1.88. The first-order valence-electron chi connectivity index (χ1n) is 7.58. The Morgan fingerprint density at radius 2 is 1.96 bits per heavy atom. The van der Waals surface area contributed by atoms with Gasteiger partial charge in [-0.05, 0) is 19.1 Å². The normalized spacial score (nSPS) is 12.0. The molecule has 1 amide bonds. The Labute approximate surface area is 154 Å². The summed E-state index contributed by atoms with van der Waals surface area (Å²) in [7, 11) is 1.88. The maximum absolute atomic E-state index is 12.3. The van der Waals surface area contributed by atoms with Crippen LogP contribution in [0.15, 0.2) is 53.8 Å². The molecule has 0 unspecified atom stereocenters. The van der Waals surface area contributed by atoms with E-state index in [1.54, 1.807) is 12.1 Å². The molecule has 3 aromatic rings. The average molecular weight is 374 g/mol. The number of hydrogen-bond donors (Lipinski definition) is 1. The number of carbonyl (C=O) groups is 1. The van der Waals surface area contributed by atoms with E-state index < -0.39 is 0 Å². The van der Waals surface area contributed by atoms with Crippen LogP contribution < -0.4 is 5.32 Å². The zero-order valence-corrected chi connectivity index (χ0v) is 15.3. The molecule has 0 bridgehead atoms. The van der Waals surface area contributed by atoms with Crippen molar-refractivity contribution < 1.29 is 4.79 Å². The topological polar surface area (TPSA) is 72.7 Å². The number of rotatable bonds is 5. The van der Waals surface area contributed by atoms with E-state index in [1.165, 1.54) is 18.0 Å². The van der Waals surface area contributed by atoms with Crippen LogP contribution in [0.3, 0.4) is 0 Å². The molecule has 3 rings (SSSR count). The lowest BCUT2D eigenvalue weighted by Gasteiger charge is -2.11. The minimum Gasteiger partial charge on any atom is -0.310 e. The van der Waals surface area contributed by atoms with Crippen molar-refractivity contribution in [2.75, 3.05) is 5.32 Å². The van der Waals surface area contributed by atoms with Crippen molar-refractivity contribution in [2.45, 2.75) is 17.3 Å². The maximum atomic E-state index is 12.3. The Morgan fingerprint density at radius 3 is 2.64 bits per heavy atom. The molecule has 25 heavy (non-hydrogen) atoms. The van der Waals surface area contributed by atoms with Crippen molar-refractivity contribution in [3.63, 3.8) is 0 Å². The molecule has 128 valence electrons. The number of aromatic nitrogens is 4. The first kappa shape index (κ1) is 17.4. The third-order valence-corrected chi connectivity index (χ3v) is 4.85. The fourth-order valence-electron chi connectivity index (χ4n) is 2.15. The van der Waals surface area contributed by atoms with E-state index in [-0.39, 0.29) is 11.2 Å². The monoisotopic (exact) mass is 373 g/mol. The Hall–Kier alpha value is -2.38. The summed E-state index contributed by atoms with van der Waals surface area (Å²) in [6, 6.07) is 13.1. The summed E-state index contributed by atoms with van der Waals surface area (Å²) in [5.74, 6) is 1.06. The molecule has 0 radical (unpaired) electrons. The molecule has 8 heteroatoms. The van der Waals surface area contributed by atoms with E-state index in [0.29, 0.717) is 16.0 Å². The van der Waals surface area contributed by atoms with Gasteiger partial charge in [-0.15, -0.1) is 10.2 Å². The van der Waals surface area contributed by atoms with Crippen LogP contribution in [-0.2, 0) is 11.8 Å². The van der Waals surface area contributed by atoms with Crippen LogP contribution in [-0.4, -0.2) is 30.9 Å². The number of anilines is 1. The van der Waals surface area contributed by atoms with Crippen LogP contribution in [0.5, 0.6) is 0 Å². The van der Waals surface area contributed by atoms with E-state index in [9.17, 15) is 4.79 Å². The highest BCUT2D eigenvalue weighted by molar-refractivity contribution is 8.00. The van der Waals surface area contributed by atoms with Gasteiger partial charge in [0.1, 0.15) is 5.82 Å². The maximum Gasteiger partial charge on any atom is 0.238 e. The first-order valence-corrected chi connectivity index (χ1v) is 8.84. The van der Waals surface area contributed by atoms with Crippen molar-refractivity contribution in [3.05, 3.63) is 53.7 Å².